The molecule has 0 spiro atoms. The van der Waals surface area contributed by atoms with E-state index in [0.717, 1.165) is 0 Å². The van der Waals surface area contributed by atoms with Gasteiger partial charge in [0.2, 0.25) is 10.0 Å². The largest absolute Gasteiger partial charge is 0.482 e. The number of nitrogens with zero attached hydrogens (tertiary/aromatic N) is 1. The molecule has 1 amide bonds. The number of ether oxygens (including phenoxy) is 2. The Balaban J connectivity index is 1.61. The highest BCUT2D eigenvalue weighted by molar-refractivity contribution is 7.89. The minimum atomic E-state index is -3.62. The van der Waals surface area contributed by atoms with Gasteiger partial charge in [0.15, 0.2) is 6.61 Å². The Bertz CT molecular complexity index is 955. The standard InChI is InChI=1S/C20H23ClN2O5S/c1-14-11-23(12-15(2)28-14)29(25,26)17-9-7-16(8-10-17)22-20(24)13-27-19-6-4-3-5-18(19)21/h3-10,14-15H,11-13H2,1-2H3,(H,22,24)/t14-,15-/m1/s1. The van der Waals surface area contributed by atoms with Crippen LogP contribution < -0.4 is 10.1 Å². The Kier molecular flexibility index (Phi) is 6.79. The Morgan fingerprint density at radius 3 is 2.38 bits per heavy atom. The lowest BCUT2D eigenvalue weighted by atomic mass is 10.3. The van der Waals surface area contributed by atoms with E-state index >= 15 is 0 Å². The van der Waals surface area contributed by atoms with E-state index in [4.69, 9.17) is 21.1 Å². The number of carbonyl (C=O) groups is 1. The van der Waals surface area contributed by atoms with Crippen LogP contribution in [-0.4, -0.2) is 50.5 Å². The third-order valence-electron chi connectivity index (χ3n) is 4.36. The predicted octanol–water partition coefficient (Wildman–Crippen LogP) is 3.16. The molecule has 2 atom stereocenters. The zero-order valence-electron chi connectivity index (χ0n) is 16.2. The molecule has 0 radical (unpaired) electrons. The van der Waals surface area contributed by atoms with Crippen LogP contribution in [0.2, 0.25) is 5.02 Å². The van der Waals surface area contributed by atoms with E-state index in [1.165, 1.54) is 16.4 Å². The molecular weight excluding hydrogens is 416 g/mol. The zero-order valence-corrected chi connectivity index (χ0v) is 17.7. The summed E-state index contributed by atoms with van der Waals surface area (Å²) in [6.45, 7) is 4.10. The van der Waals surface area contributed by atoms with Crippen LogP contribution in [0.4, 0.5) is 5.69 Å². The van der Waals surface area contributed by atoms with Crippen LogP contribution in [0.5, 0.6) is 5.75 Å². The number of hydrogen-bond donors (Lipinski definition) is 1. The fourth-order valence-electron chi connectivity index (χ4n) is 3.09. The monoisotopic (exact) mass is 438 g/mol. The number of benzene rings is 2. The van der Waals surface area contributed by atoms with E-state index in [2.05, 4.69) is 5.32 Å². The van der Waals surface area contributed by atoms with Crippen molar-refractivity contribution in [3.8, 4) is 5.75 Å². The van der Waals surface area contributed by atoms with Crippen LogP contribution in [0, 0.1) is 0 Å². The van der Waals surface area contributed by atoms with Gasteiger partial charge in [0.25, 0.3) is 5.91 Å². The molecule has 1 saturated heterocycles. The molecule has 2 aromatic carbocycles. The third kappa shape index (κ3) is 5.48. The van der Waals surface area contributed by atoms with Crippen molar-refractivity contribution in [2.24, 2.45) is 0 Å². The highest BCUT2D eigenvalue weighted by Gasteiger charge is 2.32. The summed E-state index contributed by atoms with van der Waals surface area (Å²) >= 11 is 5.98. The first-order valence-electron chi connectivity index (χ1n) is 9.18. The second-order valence-corrected chi connectivity index (χ2v) is 9.22. The summed E-state index contributed by atoms with van der Waals surface area (Å²) in [4.78, 5) is 12.2. The zero-order chi connectivity index (χ0) is 21.0. The molecule has 0 aliphatic carbocycles. The molecule has 0 bridgehead atoms. The molecule has 29 heavy (non-hydrogen) atoms. The first kappa shape index (κ1) is 21.6. The van der Waals surface area contributed by atoms with Crippen LogP contribution >= 0.6 is 11.6 Å². The normalized spacial score (nSPS) is 20.2. The van der Waals surface area contributed by atoms with Gasteiger partial charge in [-0.2, -0.15) is 4.31 Å². The first-order valence-corrected chi connectivity index (χ1v) is 11.0. The van der Waals surface area contributed by atoms with Crippen molar-refractivity contribution in [3.63, 3.8) is 0 Å². The molecule has 2 aromatic rings. The quantitative estimate of drug-likeness (QED) is 0.748. The summed E-state index contributed by atoms with van der Waals surface area (Å²) < 4.78 is 38.1. The van der Waals surface area contributed by atoms with Gasteiger partial charge >= 0.3 is 0 Å². The molecule has 156 valence electrons. The summed E-state index contributed by atoms with van der Waals surface area (Å²) in [5.41, 5.74) is 0.473. The Labute approximate surface area is 175 Å². The van der Waals surface area contributed by atoms with E-state index in [1.807, 2.05) is 13.8 Å². The molecule has 1 heterocycles. The maximum absolute atomic E-state index is 12.9. The van der Waals surface area contributed by atoms with E-state index in [9.17, 15) is 13.2 Å². The maximum atomic E-state index is 12.9. The number of morpholine rings is 1. The lowest BCUT2D eigenvalue weighted by molar-refractivity contribution is -0.118. The van der Waals surface area contributed by atoms with Crippen molar-refractivity contribution in [2.45, 2.75) is 31.0 Å². The number of carbonyl (C=O) groups excluding carboxylic acids is 1. The number of anilines is 1. The minimum Gasteiger partial charge on any atom is -0.482 e. The van der Waals surface area contributed by atoms with Gasteiger partial charge in [-0.15, -0.1) is 0 Å². The van der Waals surface area contributed by atoms with Gasteiger partial charge < -0.3 is 14.8 Å². The summed E-state index contributed by atoms with van der Waals surface area (Å²) in [7, 11) is -3.62. The summed E-state index contributed by atoms with van der Waals surface area (Å²) in [6, 6.07) is 12.9. The Hall–Kier alpha value is -2.13. The molecule has 1 aliphatic rings. The fraction of sp³-hybridized carbons (Fsp3) is 0.350. The highest BCUT2D eigenvalue weighted by atomic mass is 35.5. The van der Waals surface area contributed by atoms with Crippen LogP contribution in [-0.2, 0) is 19.6 Å². The average Bonchev–Trinajstić information content (AvgIpc) is 2.67. The molecule has 9 heteroatoms. The average molecular weight is 439 g/mol. The number of para-hydroxylation sites is 1. The SMILES string of the molecule is C[C@@H]1CN(S(=O)(=O)c2ccc(NC(=O)COc3ccccc3Cl)cc2)C[C@@H](C)O1. The molecular formula is C20H23ClN2O5S. The third-order valence-corrected chi connectivity index (χ3v) is 6.52. The van der Waals surface area contributed by atoms with E-state index in [1.54, 1.807) is 36.4 Å². The number of sulfonamides is 1. The maximum Gasteiger partial charge on any atom is 0.262 e. The van der Waals surface area contributed by atoms with Gasteiger partial charge in [-0.05, 0) is 50.2 Å². The van der Waals surface area contributed by atoms with Gasteiger partial charge in [0, 0.05) is 18.8 Å². The van der Waals surface area contributed by atoms with Gasteiger partial charge in [-0.3, -0.25) is 4.79 Å². The summed E-state index contributed by atoms with van der Waals surface area (Å²) in [6.07, 6.45) is -0.324. The minimum absolute atomic E-state index is 0.162. The van der Waals surface area contributed by atoms with Gasteiger partial charge in [0.05, 0.1) is 22.1 Å². The van der Waals surface area contributed by atoms with E-state index < -0.39 is 10.0 Å². The highest BCUT2D eigenvalue weighted by Crippen LogP contribution is 2.24. The topological polar surface area (TPSA) is 84.9 Å². The molecule has 1 N–H and O–H groups in total. The second-order valence-electron chi connectivity index (χ2n) is 6.87. The van der Waals surface area contributed by atoms with Crippen molar-refractivity contribution in [3.05, 3.63) is 53.6 Å². The van der Waals surface area contributed by atoms with E-state index in [-0.39, 0.29) is 29.6 Å². The number of nitrogens with one attached hydrogen (secondary N) is 1. The molecule has 0 aromatic heterocycles. The Morgan fingerprint density at radius 1 is 1.14 bits per heavy atom. The van der Waals surface area contributed by atoms with Crippen LogP contribution in [0.3, 0.4) is 0 Å². The van der Waals surface area contributed by atoms with Crippen LogP contribution in [0.25, 0.3) is 0 Å². The lowest BCUT2D eigenvalue weighted by Gasteiger charge is -2.34. The number of hydrogen-bond acceptors (Lipinski definition) is 5. The molecule has 1 aliphatic heterocycles. The molecule has 7 nitrogen and oxygen atoms in total. The summed E-state index contributed by atoms with van der Waals surface area (Å²) in [5, 5.41) is 3.09. The number of amides is 1. The number of rotatable bonds is 6. The molecule has 3 rings (SSSR count). The molecule has 0 unspecified atom stereocenters. The van der Waals surface area contributed by atoms with E-state index in [0.29, 0.717) is 29.5 Å². The predicted molar refractivity (Wildman–Crippen MR) is 111 cm³/mol. The van der Waals surface area contributed by atoms with Crippen molar-refractivity contribution >= 4 is 33.2 Å². The second kappa shape index (κ2) is 9.13. The van der Waals surface area contributed by atoms with Crippen LogP contribution in [0.15, 0.2) is 53.4 Å². The van der Waals surface area contributed by atoms with Gasteiger partial charge in [-0.25, -0.2) is 8.42 Å². The van der Waals surface area contributed by atoms with Crippen molar-refractivity contribution in [1.29, 1.82) is 0 Å². The summed E-state index contributed by atoms with van der Waals surface area (Å²) in [5.74, 6) is 0.0380. The van der Waals surface area contributed by atoms with Crippen molar-refractivity contribution < 1.29 is 22.7 Å². The lowest BCUT2D eigenvalue weighted by Crippen LogP contribution is -2.48. The first-order chi connectivity index (χ1) is 13.8. The van der Waals surface area contributed by atoms with Gasteiger partial charge in [-0.1, -0.05) is 23.7 Å². The van der Waals surface area contributed by atoms with Crippen molar-refractivity contribution in [1.82, 2.24) is 4.31 Å². The molecule has 1 fully saturated rings. The van der Waals surface area contributed by atoms with Crippen molar-refractivity contribution in [2.75, 3.05) is 25.0 Å². The fourth-order valence-corrected chi connectivity index (χ4v) is 4.87. The van der Waals surface area contributed by atoms with Gasteiger partial charge in [0.1, 0.15) is 5.75 Å². The molecule has 0 saturated carbocycles. The number of halogens is 1. The Morgan fingerprint density at radius 2 is 1.76 bits per heavy atom. The van der Waals surface area contributed by atoms with Crippen LogP contribution in [0.1, 0.15) is 13.8 Å². The smallest absolute Gasteiger partial charge is 0.262 e.